The van der Waals surface area contributed by atoms with Crippen molar-refractivity contribution in [2.24, 2.45) is 5.73 Å². The minimum atomic E-state index is -1.14. The van der Waals surface area contributed by atoms with Crippen LogP contribution in [0.1, 0.15) is 8.30 Å². The third-order valence-electron chi connectivity index (χ3n) is 1.56. The Hall–Kier alpha value is -1.55. The van der Waals surface area contributed by atoms with Gasteiger partial charge in [-0.3, -0.25) is 4.79 Å². The molecule has 1 rings (SSSR count). The second kappa shape index (κ2) is 3.91. The van der Waals surface area contributed by atoms with Gasteiger partial charge in [0.2, 0.25) is 0 Å². The molecule has 4 nitrogen and oxygen atoms in total. The Morgan fingerprint density at radius 2 is 2.15 bits per heavy atom. The Morgan fingerprint density at radius 1 is 1.62 bits per heavy atom. The molecule has 0 saturated heterocycles. The molecule has 0 amide bonds. The summed E-state index contributed by atoms with van der Waals surface area (Å²) in [7, 11) is 0. The van der Waals surface area contributed by atoms with E-state index in [1.54, 1.807) is 0 Å². The highest BCUT2D eigenvalue weighted by molar-refractivity contribution is 5.73. The molecule has 0 aliphatic heterocycles. The molecule has 0 bridgehead atoms. The summed E-state index contributed by atoms with van der Waals surface area (Å²) >= 11 is 0. The van der Waals surface area contributed by atoms with Crippen LogP contribution in [0.25, 0.3) is 0 Å². The van der Waals surface area contributed by atoms with Gasteiger partial charge in [0.25, 0.3) is 0 Å². The molecule has 0 unspecified atom stereocenters. The van der Waals surface area contributed by atoms with Crippen molar-refractivity contribution >= 4 is 5.97 Å². The Kier molecular flexibility index (Phi) is 2.08. The van der Waals surface area contributed by atoms with Gasteiger partial charge in [0.1, 0.15) is 11.8 Å². The molecule has 0 aliphatic carbocycles. The van der Waals surface area contributed by atoms with Gasteiger partial charge in [-0.2, -0.15) is 0 Å². The minimum absolute atomic E-state index is 0.0351. The smallest absolute Gasteiger partial charge is 0.320 e. The average Bonchev–Trinajstić information content (AvgIpc) is 2.13. The number of rotatable bonds is 3. The van der Waals surface area contributed by atoms with E-state index in [1.165, 1.54) is 12.1 Å². The third-order valence-corrected chi connectivity index (χ3v) is 1.56. The number of aromatic hydroxyl groups is 1. The first kappa shape index (κ1) is 6.91. The number of phenolic OH excluding ortho intramolecular Hbond substituents is 1. The fourth-order valence-corrected chi connectivity index (χ4v) is 0.865. The Morgan fingerprint density at radius 3 is 2.62 bits per heavy atom. The van der Waals surface area contributed by atoms with Gasteiger partial charge in [0, 0.05) is 0 Å². The van der Waals surface area contributed by atoms with E-state index in [1.807, 2.05) is 0 Å². The molecule has 70 valence electrons. The maximum absolute atomic E-state index is 10.5. The first-order chi connectivity index (χ1) is 6.91. The average molecular weight is 183 g/mol. The first-order valence-corrected chi connectivity index (χ1v) is 3.69. The zero-order valence-corrected chi connectivity index (χ0v) is 6.82. The first-order valence-electron chi connectivity index (χ1n) is 4.69. The highest BCUT2D eigenvalue weighted by Crippen LogP contribution is 2.10. The molecule has 0 radical (unpaired) electrons. The fraction of sp³-hybridized carbons (Fsp3) is 0.222. The van der Waals surface area contributed by atoms with Gasteiger partial charge in [-0.05, 0) is 24.1 Å². The lowest BCUT2D eigenvalue weighted by Gasteiger charge is -2.05. The van der Waals surface area contributed by atoms with Crippen molar-refractivity contribution in [1.82, 2.24) is 0 Å². The van der Waals surface area contributed by atoms with E-state index in [2.05, 4.69) is 0 Å². The van der Waals surface area contributed by atoms with Crippen LogP contribution in [0.4, 0.5) is 0 Å². The molecule has 0 fully saturated rings. The van der Waals surface area contributed by atoms with E-state index >= 15 is 0 Å². The van der Waals surface area contributed by atoms with Crippen LogP contribution in [0, 0.1) is 0 Å². The molecule has 0 saturated carbocycles. The number of phenols is 1. The zero-order chi connectivity index (χ0) is 11.6. The number of benzene rings is 1. The summed E-state index contributed by atoms with van der Waals surface area (Å²) < 4.78 is 14.6. The second-order valence-corrected chi connectivity index (χ2v) is 2.65. The van der Waals surface area contributed by atoms with Gasteiger partial charge < -0.3 is 15.9 Å². The number of nitrogens with two attached hydrogens (primary N) is 1. The van der Waals surface area contributed by atoms with Crippen molar-refractivity contribution in [3.63, 3.8) is 0 Å². The summed E-state index contributed by atoms with van der Waals surface area (Å²) in [6, 6.07) is 1.14. The molecule has 4 N–H and O–H groups in total. The highest BCUT2D eigenvalue weighted by Gasteiger charge is 2.11. The summed E-state index contributed by atoms with van der Waals surface area (Å²) in [6.07, 6.45) is 0.0351. The van der Waals surface area contributed by atoms with E-state index in [0.29, 0.717) is 5.56 Å². The molecular weight excluding hydrogens is 170 g/mol. The van der Waals surface area contributed by atoms with Crippen LogP contribution in [0.15, 0.2) is 24.2 Å². The van der Waals surface area contributed by atoms with E-state index in [9.17, 15) is 4.79 Å². The standard InChI is InChI=1S/C9H11NO3/c10-8(9(12)13)5-6-1-3-7(11)4-2-6/h1-4,8,11H,5,10H2,(H,12,13)/t8-/m1/s1/i3D,4D. The van der Waals surface area contributed by atoms with Gasteiger partial charge >= 0.3 is 5.97 Å². The van der Waals surface area contributed by atoms with E-state index in [0.717, 1.165) is 0 Å². The lowest BCUT2D eigenvalue weighted by Crippen LogP contribution is -2.32. The summed E-state index contributed by atoms with van der Waals surface area (Å²) in [4.78, 5) is 10.5. The van der Waals surface area contributed by atoms with Crippen LogP contribution in [0.5, 0.6) is 5.75 Å². The minimum Gasteiger partial charge on any atom is -0.508 e. The lowest BCUT2D eigenvalue weighted by molar-refractivity contribution is -0.138. The normalized spacial score (nSPS) is 14.5. The summed E-state index contributed by atoms with van der Waals surface area (Å²) in [5.41, 5.74) is 5.76. The van der Waals surface area contributed by atoms with Crippen LogP contribution in [-0.4, -0.2) is 22.2 Å². The van der Waals surface area contributed by atoms with Crippen molar-refractivity contribution in [1.29, 1.82) is 0 Å². The molecular formula is C9H11NO3. The number of aliphatic carboxylic acids is 1. The molecule has 13 heavy (non-hydrogen) atoms. The van der Waals surface area contributed by atoms with Crippen LogP contribution >= 0.6 is 0 Å². The molecule has 4 heteroatoms. The largest absolute Gasteiger partial charge is 0.508 e. The van der Waals surface area contributed by atoms with Gasteiger partial charge in [-0.25, -0.2) is 0 Å². The molecule has 0 heterocycles. The maximum Gasteiger partial charge on any atom is 0.320 e. The maximum atomic E-state index is 10.5. The van der Waals surface area contributed by atoms with E-state index in [4.69, 9.17) is 18.7 Å². The van der Waals surface area contributed by atoms with Crippen LogP contribution in [0.3, 0.4) is 0 Å². The molecule has 1 atom stereocenters. The molecule has 1 aromatic carbocycles. The second-order valence-electron chi connectivity index (χ2n) is 2.65. The van der Waals surface area contributed by atoms with E-state index < -0.39 is 17.8 Å². The van der Waals surface area contributed by atoms with Crippen molar-refractivity contribution in [2.75, 3.05) is 0 Å². The van der Waals surface area contributed by atoms with Crippen molar-refractivity contribution in [3.05, 3.63) is 29.8 Å². The Balaban J connectivity index is 2.92. The number of carbonyl (C=O) groups is 1. The number of carboxylic acid groups (broad SMARTS) is 1. The predicted octanol–water partition coefficient (Wildman–Crippen LogP) is 0.347. The van der Waals surface area contributed by atoms with Crippen LogP contribution < -0.4 is 5.73 Å². The highest BCUT2D eigenvalue weighted by atomic mass is 16.4. The van der Waals surface area contributed by atoms with E-state index in [-0.39, 0.29) is 18.5 Å². The topological polar surface area (TPSA) is 83.6 Å². The lowest BCUT2D eigenvalue weighted by atomic mass is 10.1. The summed E-state index contributed by atoms with van der Waals surface area (Å²) in [6.45, 7) is 0. The quantitative estimate of drug-likeness (QED) is 0.631. The third kappa shape index (κ3) is 2.76. The number of hydrogen-bond donors (Lipinski definition) is 3. The van der Waals surface area contributed by atoms with Crippen molar-refractivity contribution in [2.45, 2.75) is 12.5 Å². The van der Waals surface area contributed by atoms with Gasteiger partial charge in [-0.1, -0.05) is 12.1 Å². The monoisotopic (exact) mass is 183 g/mol. The molecule has 0 spiro atoms. The van der Waals surface area contributed by atoms with Crippen LogP contribution in [0.2, 0.25) is 0 Å². The van der Waals surface area contributed by atoms with Gasteiger partial charge in [0.15, 0.2) is 0 Å². The molecule has 0 aliphatic rings. The molecule has 1 aromatic rings. The molecule has 0 aromatic heterocycles. The van der Waals surface area contributed by atoms with Gasteiger partial charge in [-0.15, -0.1) is 0 Å². The SMILES string of the molecule is [2H]c1cc(C[C@@H](N)C(=O)O)cc([2H])c1O. The van der Waals surface area contributed by atoms with Gasteiger partial charge in [0.05, 0.1) is 2.74 Å². The predicted molar refractivity (Wildman–Crippen MR) is 47.4 cm³/mol. The van der Waals surface area contributed by atoms with Crippen LogP contribution in [-0.2, 0) is 11.2 Å². The van der Waals surface area contributed by atoms with Crippen molar-refractivity contribution < 1.29 is 17.7 Å². The fourth-order valence-electron chi connectivity index (χ4n) is 0.865. The Labute approximate surface area is 78.4 Å². The number of hydrogen-bond acceptors (Lipinski definition) is 3. The summed E-state index contributed by atoms with van der Waals surface area (Å²) in [5, 5.41) is 17.7. The zero-order valence-electron chi connectivity index (χ0n) is 8.82. The van der Waals surface area contributed by atoms with Crippen molar-refractivity contribution in [3.8, 4) is 5.75 Å². The summed E-state index contributed by atoms with van der Waals surface area (Å²) in [5.74, 6) is -1.55. The number of carboxylic acids is 1. The Bertz CT molecular complexity index is 372.